The first-order chi connectivity index (χ1) is 5.24. The summed E-state index contributed by atoms with van der Waals surface area (Å²) in [7, 11) is 0. The predicted molar refractivity (Wildman–Crippen MR) is 41.9 cm³/mol. The van der Waals surface area contributed by atoms with Gasteiger partial charge in [0.1, 0.15) is 6.10 Å². The van der Waals surface area contributed by atoms with Crippen LogP contribution in [0.4, 0.5) is 5.69 Å². The number of anilines is 1. The maximum Gasteiger partial charge on any atom is 0.153 e. The van der Waals surface area contributed by atoms with Gasteiger partial charge in [-0.1, -0.05) is 12.1 Å². The monoisotopic (exact) mass is 151 g/mol. The zero-order chi connectivity index (χ0) is 8.27. The maximum absolute atomic E-state index is 10.1. The van der Waals surface area contributed by atoms with Crippen LogP contribution in [-0.2, 0) is 4.79 Å². The number of rotatable bonds is 2. The molecule has 0 bridgehead atoms. The van der Waals surface area contributed by atoms with E-state index in [-0.39, 0.29) is 0 Å². The van der Waals surface area contributed by atoms with E-state index in [2.05, 4.69) is 0 Å². The summed E-state index contributed by atoms with van der Waals surface area (Å²) >= 11 is 0. The molecule has 0 fully saturated rings. The van der Waals surface area contributed by atoms with Crippen molar-refractivity contribution in [1.82, 2.24) is 0 Å². The number of aldehydes is 1. The molecule has 0 aliphatic heterocycles. The minimum Gasteiger partial charge on any atom is -0.399 e. The molecule has 0 saturated carbocycles. The van der Waals surface area contributed by atoms with Gasteiger partial charge in [0.2, 0.25) is 0 Å². The standard InChI is InChI=1S/C8H9NO2/c9-7-3-1-6(2-4-7)8(11)5-10/h1-5,8,11H,9H2/t8-/m0/s1. The second-order valence-corrected chi connectivity index (χ2v) is 2.25. The molecule has 3 N–H and O–H groups in total. The van der Waals surface area contributed by atoms with E-state index >= 15 is 0 Å². The molecule has 3 heteroatoms. The van der Waals surface area contributed by atoms with Crippen molar-refractivity contribution in [2.45, 2.75) is 6.10 Å². The molecule has 1 rings (SSSR count). The van der Waals surface area contributed by atoms with Crippen LogP contribution in [0.25, 0.3) is 0 Å². The van der Waals surface area contributed by atoms with E-state index in [9.17, 15) is 4.79 Å². The van der Waals surface area contributed by atoms with E-state index in [0.29, 0.717) is 17.5 Å². The molecule has 0 saturated heterocycles. The highest BCUT2D eigenvalue weighted by molar-refractivity contribution is 5.60. The molecule has 3 nitrogen and oxygen atoms in total. The van der Waals surface area contributed by atoms with Crippen LogP contribution in [0.5, 0.6) is 0 Å². The summed E-state index contributed by atoms with van der Waals surface area (Å²) in [5.41, 5.74) is 6.58. The van der Waals surface area contributed by atoms with Crippen molar-refractivity contribution >= 4 is 12.0 Å². The van der Waals surface area contributed by atoms with E-state index in [1.165, 1.54) is 0 Å². The number of nitrogen functional groups attached to an aromatic ring is 1. The van der Waals surface area contributed by atoms with Gasteiger partial charge in [0.05, 0.1) is 0 Å². The lowest BCUT2D eigenvalue weighted by Crippen LogP contribution is -1.97. The Kier molecular flexibility index (Phi) is 2.23. The number of aliphatic hydroxyl groups is 1. The fourth-order valence-electron chi connectivity index (χ4n) is 0.772. The van der Waals surface area contributed by atoms with E-state index < -0.39 is 6.10 Å². The second kappa shape index (κ2) is 3.16. The third-order valence-corrected chi connectivity index (χ3v) is 1.41. The fourth-order valence-corrected chi connectivity index (χ4v) is 0.772. The number of nitrogens with two attached hydrogens (primary N) is 1. The second-order valence-electron chi connectivity index (χ2n) is 2.25. The smallest absolute Gasteiger partial charge is 0.153 e. The van der Waals surface area contributed by atoms with Crippen LogP contribution >= 0.6 is 0 Å². The Morgan fingerprint density at radius 3 is 2.36 bits per heavy atom. The molecule has 0 amide bonds. The van der Waals surface area contributed by atoms with Crippen molar-refractivity contribution in [3.63, 3.8) is 0 Å². The summed E-state index contributed by atoms with van der Waals surface area (Å²) in [4.78, 5) is 10.1. The first-order valence-corrected chi connectivity index (χ1v) is 3.23. The normalized spacial score (nSPS) is 12.5. The number of aliphatic hydroxyl groups excluding tert-OH is 1. The number of carbonyl (C=O) groups is 1. The minimum absolute atomic E-state index is 0.478. The maximum atomic E-state index is 10.1. The highest BCUT2D eigenvalue weighted by Crippen LogP contribution is 2.11. The lowest BCUT2D eigenvalue weighted by Gasteiger charge is -2.01. The summed E-state index contributed by atoms with van der Waals surface area (Å²) < 4.78 is 0. The van der Waals surface area contributed by atoms with Gasteiger partial charge < -0.3 is 15.6 Å². The Balaban J connectivity index is 2.89. The Morgan fingerprint density at radius 1 is 1.36 bits per heavy atom. The van der Waals surface area contributed by atoms with Crippen molar-refractivity contribution in [3.8, 4) is 0 Å². The van der Waals surface area contributed by atoms with Crippen LogP contribution in [0.3, 0.4) is 0 Å². The molecular formula is C8H9NO2. The number of carbonyl (C=O) groups excluding carboxylic acids is 1. The minimum atomic E-state index is -1.03. The van der Waals surface area contributed by atoms with E-state index in [1.54, 1.807) is 24.3 Å². The van der Waals surface area contributed by atoms with Crippen LogP contribution in [0.2, 0.25) is 0 Å². The zero-order valence-electron chi connectivity index (χ0n) is 5.90. The number of hydrogen-bond acceptors (Lipinski definition) is 3. The molecule has 0 aliphatic carbocycles. The van der Waals surface area contributed by atoms with Gasteiger partial charge in [0.25, 0.3) is 0 Å². The molecule has 0 radical (unpaired) electrons. The van der Waals surface area contributed by atoms with Gasteiger partial charge in [-0.3, -0.25) is 0 Å². The number of hydrogen-bond donors (Lipinski definition) is 2. The van der Waals surface area contributed by atoms with E-state index in [1.807, 2.05) is 0 Å². The lowest BCUT2D eigenvalue weighted by atomic mass is 10.1. The molecule has 0 aromatic heterocycles. The Labute approximate surface area is 64.5 Å². The van der Waals surface area contributed by atoms with Crippen molar-refractivity contribution in [2.75, 3.05) is 5.73 Å². The Bertz CT molecular complexity index is 243. The average molecular weight is 151 g/mol. The average Bonchev–Trinajstić information content (AvgIpc) is 2.05. The highest BCUT2D eigenvalue weighted by atomic mass is 16.3. The van der Waals surface area contributed by atoms with Crippen molar-refractivity contribution < 1.29 is 9.90 Å². The highest BCUT2D eigenvalue weighted by Gasteiger charge is 2.03. The van der Waals surface area contributed by atoms with E-state index in [0.717, 1.165) is 0 Å². The van der Waals surface area contributed by atoms with Gasteiger partial charge in [-0.15, -0.1) is 0 Å². The van der Waals surface area contributed by atoms with Crippen LogP contribution in [0, 0.1) is 0 Å². The van der Waals surface area contributed by atoms with Crippen LogP contribution in [0.1, 0.15) is 11.7 Å². The predicted octanol–water partition coefficient (Wildman–Crippen LogP) is 0.501. The van der Waals surface area contributed by atoms with Crippen LogP contribution < -0.4 is 5.73 Å². The third-order valence-electron chi connectivity index (χ3n) is 1.41. The largest absolute Gasteiger partial charge is 0.399 e. The van der Waals surface area contributed by atoms with Crippen LogP contribution in [-0.4, -0.2) is 11.4 Å². The van der Waals surface area contributed by atoms with Crippen LogP contribution in [0.15, 0.2) is 24.3 Å². The van der Waals surface area contributed by atoms with Crippen molar-refractivity contribution in [2.24, 2.45) is 0 Å². The van der Waals surface area contributed by atoms with Crippen molar-refractivity contribution in [3.05, 3.63) is 29.8 Å². The van der Waals surface area contributed by atoms with Crippen molar-refractivity contribution in [1.29, 1.82) is 0 Å². The molecule has 58 valence electrons. The molecule has 11 heavy (non-hydrogen) atoms. The Morgan fingerprint density at radius 2 is 1.91 bits per heavy atom. The summed E-state index contributed by atoms with van der Waals surface area (Å²) in [6.45, 7) is 0. The fraction of sp³-hybridized carbons (Fsp3) is 0.125. The van der Waals surface area contributed by atoms with Gasteiger partial charge in [0, 0.05) is 5.69 Å². The molecular weight excluding hydrogens is 142 g/mol. The van der Waals surface area contributed by atoms with Gasteiger partial charge in [-0.2, -0.15) is 0 Å². The van der Waals surface area contributed by atoms with Gasteiger partial charge >= 0.3 is 0 Å². The van der Waals surface area contributed by atoms with E-state index in [4.69, 9.17) is 10.8 Å². The van der Waals surface area contributed by atoms with Gasteiger partial charge in [-0.25, -0.2) is 0 Å². The zero-order valence-corrected chi connectivity index (χ0v) is 5.90. The summed E-state index contributed by atoms with van der Waals surface area (Å²) in [6, 6.07) is 6.52. The number of benzene rings is 1. The molecule has 1 aromatic carbocycles. The molecule has 0 spiro atoms. The molecule has 0 aliphatic rings. The molecule has 1 aromatic rings. The SMILES string of the molecule is Nc1ccc([C@@H](O)C=O)cc1. The lowest BCUT2D eigenvalue weighted by molar-refractivity contribution is -0.115. The molecule has 0 heterocycles. The summed E-state index contributed by atoms with van der Waals surface area (Å²) in [6.07, 6.45) is -0.554. The van der Waals surface area contributed by atoms with Gasteiger partial charge in [-0.05, 0) is 17.7 Å². The summed E-state index contributed by atoms with van der Waals surface area (Å²) in [5, 5.41) is 9.01. The Hall–Kier alpha value is -1.35. The topological polar surface area (TPSA) is 63.3 Å². The summed E-state index contributed by atoms with van der Waals surface area (Å²) in [5.74, 6) is 0. The first-order valence-electron chi connectivity index (χ1n) is 3.23. The van der Waals surface area contributed by atoms with Gasteiger partial charge in [0.15, 0.2) is 6.29 Å². The molecule has 0 unspecified atom stereocenters. The molecule has 1 atom stereocenters. The first kappa shape index (κ1) is 7.75. The third kappa shape index (κ3) is 1.78. The quantitative estimate of drug-likeness (QED) is 0.478.